The van der Waals surface area contributed by atoms with Crippen molar-refractivity contribution in [1.82, 2.24) is 15.1 Å². The van der Waals surface area contributed by atoms with Crippen LogP contribution in [0.4, 0.5) is 0 Å². The zero-order chi connectivity index (χ0) is 15.6. The van der Waals surface area contributed by atoms with Crippen LogP contribution in [0.25, 0.3) is 0 Å². The van der Waals surface area contributed by atoms with Gasteiger partial charge < -0.3 is 13.9 Å². The van der Waals surface area contributed by atoms with Crippen LogP contribution < -0.4 is 9.47 Å². The number of rotatable bonds is 4. The molecule has 6 heteroatoms. The fraction of sp³-hybridized carbons (Fsp3) is 0.529. The number of methoxy groups -OCH3 is 1. The first-order valence-corrected chi connectivity index (χ1v) is 8.17. The van der Waals surface area contributed by atoms with Gasteiger partial charge in [0.25, 0.3) is 0 Å². The molecule has 2 heterocycles. The SMILES string of the molecule is COc1cccc2c1OCCCN(Cc1nnc(C3CC3)o1)C2. The molecule has 2 aliphatic rings. The normalized spacial score (nSPS) is 18.7. The summed E-state index contributed by atoms with van der Waals surface area (Å²) in [6.07, 6.45) is 3.31. The Kier molecular flexibility index (Phi) is 3.91. The minimum absolute atomic E-state index is 0.502. The van der Waals surface area contributed by atoms with Gasteiger partial charge in [-0.1, -0.05) is 12.1 Å². The van der Waals surface area contributed by atoms with Crippen molar-refractivity contribution in [3.8, 4) is 11.5 Å². The van der Waals surface area contributed by atoms with Crippen molar-refractivity contribution < 1.29 is 13.9 Å². The van der Waals surface area contributed by atoms with E-state index in [9.17, 15) is 0 Å². The van der Waals surface area contributed by atoms with Gasteiger partial charge in [-0.15, -0.1) is 10.2 Å². The molecule has 2 aromatic rings. The molecule has 6 nitrogen and oxygen atoms in total. The van der Waals surface area contributed by atoms with E-state index in [1.54, 1.807) is 7.11 Å². The predicted molar refractivity (Wildman–Crippen MR) is 83.5 cm³/mol. The highest BCUT2D eigenvalue weighted by Gasteiger charge is 2.29. The van der Waals surface area contributed by atoms with Gasteiger partial charge in [-0.2, -0.15) is 0 Å². The summed E-state index contributed by atoms with van der Waals surface area (Å²) in [5.41, 5.74) is 1.13. The number of ether oxygens (including phenoxy) is 2. The van der Waals surface area contributed by atoms with Crippen molar-refractivity contribution in [1.29, 1.82) is 0 Å². The van der Waals surface area contributed by atoms with Gasteiger partial charge in [-0.25, -0.2) is 0 Å². The molecule has 0 amide bonds. The fourth-order valence-electron chi connectivity index (χ4n) is 2.94. The molecule has 1 saturated carbocycles. The van der Waals surface area contributed by atoms with Gasteiger partial charge in [0, 0.05) is 24.6 Å². The molecule has 1 aliphatic carbocycles. The van der Waals surface area contributed by atoms with Gasteiger partial charge in [0.05, 0.1) is 20.3 Å². The first-order valence-electron chi connectivity index (χ1n) is 8.17. The van der Waals surface area contributed by atoms with Crippen LogP contribution in [0.2, 0.25) is 0 Å². The Balaban J connectivity index is 1.51. The van der Waals surface area contributed by atoms with Gasteiger partial charge >= 0.3 is 0 Å². The molecule has 122 valence electrons. The summed E-state index contributed by atoms with van der Waals surface area (Å²) in [6, 6.07) is 6.02. The van der Waals surface area contributed by atoms with Crippen LogP contribution in [0, 0.1) is 0 Å². The summed E-state index contributed by atoms with van der Waals surface area (Å²) in [7, 11) is 1.67. The maximum atomic E-state index is 5.89. The van der Waals surface area contributed by atoms with Gasteiger partial charge in [-0.05, 0) is 25.3 Å². The van der Waals surface area contributed by atoms with Crippen LogP contribution in [0.1, 0.15) is 42.5 Å². The first-order chi connectivity index (χ1) is 11.3. The Morgan fingerprint density at radius 3 is 3.04 bits per heavy atom. The molecule has 1 aromatic heterocycles. The highest BCUT2D eigenvalue weighted by Crippen LogP contribution is 2.39. The summed E-state index contributed by atoms with van der Waals surface area (Å²) in [5, 5.41) is 8.37. The zero-order valence-electron chi connectivity index (χ0n) is 13.3. The van der Waals surface area contributed by atoms with Gasteiger partial charge in [0.1, 0.15) is 0 Å². The van der Waals surface area contributed by atoms with Gasteiger partial charge in [0.2, 0.25) is 11.8 Å². The molecule has 0 radical (unpaired) electrons. The van der Waals surface area contributed by atoms with E-state index in [2.05, 4.69) is 21.2 Å². The second-order valence-electron chi connectivity index (χ2n) is 6.17. The maximum Gasteiger partial charge on any atom is 0.230 e. The number of hydrogen-bond acceptors (Lipinski definition) is 6. The molecule has 0 bridgehead atoms. The number of hydrogen-bond donors (Lipinski definition) is 0. The van der Waals surface area contributed by atoms with Gasteiger partial charge in [-0.3, -0.25) is 4.90 Å². The molecular weight excluding hydrogens is 294 g/mol. The number of benzene rings is 1. The minimum atomic E-state index is 0.502. The number of aromatic nitrogens is 2. The molecule has 23 heavy (non-hydrogen) atoms. The van der Waals surface area contributed by atoms with Crippen LogP contribution in [-0.2, 0) is 13.1 Å². The van der Waals surface area contributed by atoms with Crippen molar-refractivity contribution >= 4 is 0 Å². The molecule has 0 unspecified atom stereocenters. The summed E-state index contributed by atoms with van der Waals surface area (Å²) >= 11 is 0. The highest BCUT2D eigenvalue weighted by molar-refractivity contribution is 5.46. The lowest BCUT2D eigenvalue weighted by Crippen LogP contribution is -2.27. The van der Waals surface area contributed by atoms with Crippen LogP contribution in [0.15, 0.2) is 22.6 Å². The van der Waals surface area contributed by atoms with E-state index in [-0.39, 0.29) is 0 Å². The third-order valence-electron chi connectivity index (χ3n) is 4.31. The standard InChI is InChI=1S/C17H21N3O3/c1-21-14-5-2-4-13-10-20(8-3-9-22-16(13)14)11-15-18-19-17(23-15)12-6-7-12/h2,4-5,12H,3,6-11H2,1H3. The third-order valence-corrected chi connectivity index (χ3v) is 4.31. The van der Waals surface area contributed by atoms with E-state index in [0.717, 1.165) is 42.5 Å². The molecule has 4 rings (SSSR count). The van der Waals surface area contributed by atoms with Crippen LogP contribution in [-0.4, -0.2) is 35.4 Å². The molecular formula is C17H21N3O3. The fourth-order valence-corrected chi connectivity index (χ4v) is 2.94. The smallest absolute Gasteiger partial charge is 0.230 e. The van der Waals surface area contributed by atoms with Crippen molar-refractivity contribution in [2.75, 3.05) is 20.3 Å². The Labute approximate surface area is 135 Å². The second kappa shape index (κ2) is 6.20. The van der Waals surface area contributed by atoms with Crippen molar-refractivity contribution in [3.05, 3.63) is 35.5 Å². The van der Waals surface area contributed by atoms with Crippen molar-refractivity contribution in [2.45, 2.75) is 38.3 Å². The van der Waals surface area contributed by atoms with Crippen molar-refractivity contribution in [3.63, 3.8) is 0 Å². The van der Waals surface area contributed by atoms with E-state index in [1.807, 2.05) is 12.1 Å². The molecule has 0 N–H and O–H groups in total. The average Bonchev–Trinajstić information content (AvgIpc) is 3.29. The maximum absolute atomic E-state index is 5.89. The largest absolute Gasteiger partial charge is 0.493 e. The summed E-state index contributed by atoms with van der Waals surface area (Å²) < 4.78 is 17.1. The molecule has 0 spiro atoms. The lowest BCUT2D eigenvalue weighted by atomic mass is 10.1. The minimum Gasteiger partial charge on any atom is -0.493 e. The Morgan fingerprint density at radius 2 is 2.22 bits per heavy atom. The van der Waals surface area contributed by atoms with E-state index in [0.29, 0.717) is 25.0 Å². The molecule has 1 fully saturated rings. The lowest BCUT2D eigenvalue weighted by molar-refractivity contribution is 0.182. The molecule has 1 aromatic carbocycles. The predicted octanol–water partition coefficient (Wildman–Crippen LogP) is 2.74. The Morgan fingerprint density at radius 1 is 1.30 bits per heavy atom. The highest BCUT2D eigenvalue weighted by atomic mass is 16.5. The Bertz CT molecular complexity index is 681. The molecule has 1 aliphatic heterocycles. The quantitative estimate of drug-likeness (QED) is 0.864. The van der Waals surface area contributed by atoms with Gasteiger partial charge in [0.15, 0.2) is 11.5 Å². The average molecular weight is 315 g/mol. The summed E-state index contributed by atoms with van der Waals surface area (Å²) in [4.78, 5) is 2.32. The van der Waals surface area contributed by atoms with E-state index >= 15 is 0 Å². The number of fused-ring (bicyclic) bond motifs is 1. The molecule has 0 atom stereocenters. The van der Waals surface area contributed by atoms with Crippen molar-refractivity contribution in [2.24, 2.45) is 0 Å². The monoisotopic (exact) mass is 315 g/mol. The topological polar surface area (TPSA) is 60.6 Å². The first kappa shape index (κ1) is 14.5. The van der Waals surface area contributed by atoms with Crippen LogP contribution in [0.5, 0.6) is 11.5 Å². The number of nitrogens with zero attached hydrogens (tertiary/aromatic N) is 3. The van der Waals surface area contributed by atoms with E-state index < -0.39 is 0 Å². The summed E-state index contributed by atoms with van der Waals surface area (Å²) in [6.45, 7) is 3.09. The van der Waals surface area contributed by atoms with E-state index in [1.165, 1.54) is 12.8 Å². The zero-order valence-corrected chi connectivity index (χ0v) is 13.3. The summed E-state index contributed by atoms with van der Waals surface area (Å²) in [5.74, 6) is 3.65. The second-order valence-corrected chi connectivity index (χ2v) is 6.17. The van der Waals surface area contributed by atoms with Crippen LogP contribution >= 0.6 is 0 Å². The van der Waals surface area contributed by atoms with E-state index in [4.69, 9.17) is 13.9 Å². The number of para-hydroxylation sites is 1. The lowest BCUT2D eigenvalue weighted by Gasteiger charge is -2.26. The third kappa shape index (κ3) is 3.17. The Hall–Kier alpha value is -2.08. The molecule has 0 saturated heterocycles. The van der Waals surface area contributed by atoms with Crippen LogP contribution in [0.3, 0.4) is 0 Å².